The number of nitrogens with one attached hydrogen (secondary N) is 1. The molecule has 0 aliphatic carbocycles. The first kappa shape index (κ1) is 16.0. The molecule has 1 amide bonds. The molecule has 0 saturated carbocycles. The van der Waals surface area contributed by atoms with E-state index in [2.05, 4.69) is 22.2 Å². The Kier molecular flexibility index (Phi) is 6.28. The second-order valence-electron chi connectivity index (χ2n) is 4.85. The molecule has 4 nitrogen and oxygen atoms in total. The summed E-state index contributed by atoms with van der Waals surface area (Å²) in [6.07, 6.45) is 2.09. The van der Waals surface area contributed by atoms with Crippen LogP contribution in [0.5, 0.6) is 0 Å². The normalized spacial score (nSPS) is 12.3. The van der Waals surface area contributed by atoms with E-state index in [1.165, 1.54) is 11.8 Å². The van der Waals surface area contributed by atoms with Gasteiger partial charge >= 0.3 is 0 Å². The lowest BCUT2D eigenvalue weighted by molar-refractivity contribution is -0.119. The molecular weight excluding hydrogens is 258 g/mol. The van der Waals surface area contributed by atoms with E-state index in [0.717, 1.165) is 29.8 Å². The largest absolute Gasteiger partial charge is 0.353 e. The van der Waals surface area contributed by atoms with Crippen molar-refractivity contribution in [2.45, 2.75) is 58.7 Å². The second-order valence-corrected chi connectivity index (χ2v) is 5.79. The first-order chi connectivity index (χ1) is 8.93. The summed E-state index contributed by atoms with van der Waals surface area (Å²) in [4.78, 5) is 20.5. The maximum absolute atomic E-state index is 11.8. The standard InChI is InChI=1S/C14H23N3OS/c1-6-7-9(2)15-13(18)8-19-14-16-11(4)10(3)12(5)17-14/h9H,6-8H2,1-5H3,(H,15,18)/t9-/m1/s1. The Morgan fingerprint density at radius 1 is 1.26 bits per heavy atom. The zero-order valence-corrected chi connectivity index (χ0v) is 13.2. The van der Waals surface area contributed by atoms with E-state index in [9.17, 15) is 4.79 Å². The molecule has 0 radical (unpaired) electrons. The lowest BCUT2D eigenvalue weighted by Gasteiger charge is -2.12. The van der Waals surface area contributed by atoms with Crippen LogP contribution >= 0.6 is 11.8 Å². The van der Waals surface area contributed by atoms with Gasteiger partial charge in [-0.05, 0) is 39.7 Å². The lowest BCUT2D eigenvalue weighted by atomic mass is 10.2. The summed E-state index contributed by atoms with van der Waals surface area (Å²) in [5.74, 6) is 0.418. The van der Waals surface area contributed by atoms with Crippen LogP contribution in [0, 0.1) is 20.8 Å². The number of aryl methyl sites for hydroxylation is 2. The summed E-state index contributed by atoms with van der Waals surface area (Å²) < 4.78 is 0. The van der Waals surface area contributed by atoms with Crippen LogP contribution in [0.2, 0.25) is 0 Å². The van der Waals surface area contributed by atoms with Gasteiger partial charge < -0.3 is 5.32 Å². The van der Waals surface area contributed by atoms with Gasteiger partial charge in [0.25, 0.3) is 0 Å². The van der Waals surface area contributed by atoms with Gasteiger partial charge in [0.05, 0.1) is 5.75 Å². The molecule has 19 heavy (non-hydrogen) atoms. The lowest BCUT2D eigenvalue weighted by Crippen LogP contribution is -2.33. The third kappa shape index (κ3) is 5.19. The summed E-state index contributed by atoms with van der Waals surface area (Å²) in [6.45, 7) is 10.1. The Morgan fingerprint density at radius 2 is 1.84 bits per heavy atom. The minimum Gasteiger partial charge on any atom is -0.353 e. The minimum absolute atomic E-state index is 0.0467. The zero-order valence-electron chi connectivity index (χ0n) is 12.4. The smallest absolute Gasteiger partial charge is 0.230 e. The number of hydrogen-bond donors (Lipinski definition) is 1. The highest BCUT2D eigenvalue weighted by molar-refractivity contribution is 7.99. The fourth-order valence-corrected chi connectivity index (χ4v) is 2.50. The Labute approximate surface area is 119 Å². The van der Waals surface area contributed by atoms with E-state index < -0.39 is 0 Å². The van der Waals surface area contributed by atoms with Crippen molar-refractivity contribution < 1.29 is 4.79 Å². The fraction of sp³-hybridized carbons (Fsp3) is 0.643. The average Bonchev–Trinajstić information content (AvgIpc) is 2.33. The van der Waals surface area contributed by atoms with Gasteiger partial charge in [-0.2, -0.15) is 0 Å². The molecule has 0 aliphatic heterocycles. The van der Waals surface area contributed by atoms with Gasteiger partial charge in [0.15, 0.2) is 5.16 Å². The summed E-state index contributed by atoms with van der Waals surface area (Å²) in [5.41, 5.74) is 3.08. The molecule has 1 rings (SSSR count). The number of hydrogen-bond acceptors (Lipinski definition) is 4. The van der Waals surface area contributed by atoms with Gasteiger partial charge in [-0.25, -0.2) is 9.97 Å². The molecule has 0 aliphatic rings. The second kappa shape index (κ2) is 7.48. The molecule has 1 aromatic rings. The van der Waals surface area contributed by atoms with Crippen LogP contribution < -0.4 is 5.32 Å². The van der Waals surface area contributed by atoms with E-state index >= 15 is 0 Å². The van der Waals surface area contributed by atoms with Crippen molar-refractivity contribution in [2.75, 3.05) is 5.75 Å². The molecule has 0 saturated heterocycles. The van der Waals surface area contributed by atoms with Crippen molar-refractivity contribution in [3.8, 4) is 0 Å². The van der Waals surface area contributed by atoms with Crippen LogP contribution in [-0.4, -0.2) is 27.7 Å². The van der Waals surface area contributed by atoms with Crippen LogP contribution in [0.4, 0.5) is 0 Å². The monoisotopic (exact) mass is 281 g/mol. The number of rotatable bonds is 6. The molecule has 1 N–H and O–H groups in total. The van der Waals surface area contributed by atoms with Crippen LogP contribution in [0.15, 0.2) is 5.16 Å². The first-order valence-corrected chi connectivity index (χ1v) is 7.66. The van der Waals surface area contributed by atoms with Crippen molar-refractivity contribution in [3.05, 3.63) is 17.0 Å². The fourth-order valence-electron chi connectivity index (χ4n) is 1.76. The van der Waals surface area contributed by atoms with Gasteiger partial charge in [-0.3, -0.25) is 4.79 Å². The molecule has 0 bridgehead atoms. The van der Waals surface area contributed by atoms with Crippen molar-refractivity contribution in [2.24, 2.45) is 0 Å². The predicted octanol–water partition coefficient (Wildman–Crippen LogP) is 2.80. The van der Waals surface area contributed by atoms with Gasteiger partial charge in [0.1, 0.15) is 0 Å². The molecule has 1 atom stereocenters. The minimum atomic E-state index is 0.0467. The highest BCUT2D eigenvalue weighted by Gasteiger charge is 2.10. The molecule has 0 fully saturated rings. The summed E-state index contributed by atoms with van der Waals surface area (Å²) in [7, 11) is 0. The number of nitrogens with zero attached hydrogens (tertiary/aromatic N) is 2. The SMILES string of the molecule is CCC[C@@H](C)NC(=O)CSc1nc(C)c(C)c(C)n1. The number of thioether (sulfide) groups is 1. The van der Waals surface area contributed by atoms with E-state index in [-0.39, 0.29) is 11.9 Å². The van der Waals surface area contributed by atoms with Crippen molar-refractivity contribution in [1.29, 1.82) is 0 Å². The van der Waals surface area contributed by atoms with E-state index in [1.807, 2.05) is 27.7 Å². The topological polar surface area (TPSA) is 54.9 Å². The third-order valence-corrected chi connectivity index (χ3v) is 3.92. The summed E-state index contributed by atoms with van der Waals surface area (Å²) in [6, 6.07) is 0.237. The van der Waals surface area contributed by atoms with E-state index in [0.29, 0.717) is 10.9 Å². The molecule has 1 heterocycles. The number of carbonyl (C=O) groups excluding carboxylic acids is 1. The number of amides is 1. The Hall–Kier alpha value is -1.10. The maximum atomic E-state index is 11.8. The summed E-state index contributed by atoms with van der Waals surface area (Å²) in [5, 5.41) is 3.66. The van der Waals surface area contributed by atoms with Gasteiger partial charge in [-0.1, -0.05) is 25.1 Å². The molecule has 0 aromatic carbocycles. The Morgan fingerprint density at radius 3 is 2.37 bits per heavy atom. The highest BCUT2D eigenvalue weighted by atomic mass is 32.2. The van der Waals surface area contributed by atoms with Gasteiger partial charge in [-0.15, -0.1) is 0 Å². The number of aromatic nitrogens is 2. The average molecular weight is 281 g/mol. The van der Waals surface area contributed by atoms with Crippen LogP contribution in [0.3, 0.4) is 0 Å². The van der Waals surface area contributed by atoms with Crippen LogP contribution in [0.25, 0.3) is 0 Å². The van der Waals surface area contributed by atoms with Crippen LogP contribution in [0.1, 0.15) is 43.6 Å². The first-order valence-electron chi connectivity index (χ1n) is 6.68. The van der Waals surface area contributed by atoms with E-state index in [1.54, 1.807) is 0 Å². The number of carbonyl (C=O) groups is 1. The molecule has 1 aromatic heterocycles. The summed E-state index contributed by atoms with van der Waals surface area (Å²) >= 11 is 1.39. The highest BCUT2D eigenvalue weighted by Crippen LogP contribution is 2.16. The third-order valence-electron chi connectivity index (χ3n) is 3.07. The van der Waals surface area contributed by atoms with Gasteiger partial charge in [0.2, 0.25) is 5.91 Å². The molecule has 106 valence electrons. The Balaban J connectivity index is 2.51. The van der Waals surface area contributed by atoms with E-state index in [4.69, 9.17) is 0 Å². The Bertz CT molecular complexity index is 425. The maximum Gasteiger partial charge on any atom is 0.230 e. The zero-order chi connectivity index (χ0) is 14.4. The molecule has 0 spiro atoms. The molecule has 0 unspecified atom stereocenters. The van der Waals surface area contributed by atoms with Gasteiger partial charge in [0, 0.05) is 17.4 Å². The molecular formula is C14H23N3OS. The van der Waals surface area contributed by atoms with Crippen molar-refractivity contribution in [3.63, 3.8) is 0 Å². The quantitative estimate of drug-likeness (QED) is 0.643. The molecule has 5 heteroatoms. The van der Waals surface area contributed by atoms with Crippen molar-refractivity contribution in [1.82, 2.24) is 15.3 Å². The predicted molar refractivity (Wildman–Crippen MR) is 79.5 cm³/mol. The van der Waals surface area contributed by atoms with Crippen LogP contribution in [-0.2, 0) is 4.79 Å². The van der Waals surface area contributed by atoms with Crippen molar-refractivity contribution >= 4 is 17.7 Å².